The van der Waals surface area contributed by atoms with Crippen LogP contribution in [-0.4, -0.2) is 0 Å². The molecular formula is C76H42. The third-order valence-electron chi connectivity index (χ3n) is 17.6. The summed E-state index contributed by atoms with van der Waals surface area (Å²) in [4.78, 5) is 0. The first-order valence-electron chi connectivity index (χ1n) is 26.7. The monoisotopic (exact) mass is 954 g/mol. The van der Waals surface area contributed by atoms with Gasteiger partial charge in [-0.1, -0.05) is 255 Å². The first-order valence-corrected chi connectivity index (χ1v) is 26.7. The topological polar surface area (TPSA) is 0 Å². The van der Waals surface area contributed by atoms with Gasteiger partial charge in [0.05, 0.1) is 0 Å². The van der Waals surface area contributed by atoms with E-state index in [0.29, 0.717) is 0 Å². The van der Waals surface area contributed by atoms with Crippen LogP contribution in [0.15, 0.2) is 255 Å². The lowest BCUT2D eigenvalue weighted by Gasteiger charge is -2.15. The van der Waals surface area contributed by atoms with Gasteiger partial charge in [-0.3, -0.25) is 0 Å². The van der Waals surface area contributed by atoms with Gasteiger partial charge in [0, 0.05) is 0 Å². The summed E-state index contributed by atoms with van der Waals surface area (Å²) in [5.41, 5.74) is 12.8. The van der Waals surface area contributed by atoms with Gasteiger partial charge in [0.15, 0.2) is 0 Å². The van der Waals surface area contributed by atoms with Gasteiger partial charge in [-0.15, -0.1) is 0 Å². The Bertz CT molecular complexity index is 4810. The van der Waals surface area contributed by atoms with Crippen LogP contribution in [0.3, 0.4) is 0 Å². The Balaban J connectivity index is 1.00. The smallest absolute Gasteiger partial charge is 0.000718 e. The quantitative estimate of drug-likeness (QED) is 0.161. The second-order valence-corrected chi connectivity index (χ2v) is 21.2. The van der Waals surface area contributed by atoms with E-state index in [0.717, 1.165) is 0 Å². The lowest BCUT2D eigenvalue weighted by atomic mass is 9.87. The van der Waals surface area contributed by atoms with Crippen molar-refractivity contribution >= 4 is 129 Å². The molecule has 0 bridgehead atoms. The van der Waals surface area contributed by atoms with E-state index in [1.807, 2.05) is 0 Å². The van der Waals surface area contributed by atoms with Crippen LogP contribution in [-0.2, 0) is 0 Å². The maximum atomic E-state index is 2.46. The Kier molecular flexibility index (Phi) is 7.95. The zero-order valence-electron chi connectivity index (χ0n) is 41.2. The normalized spacial score (nSPS) is 12.5. The molecule has 0 unspecified atom stereocenters. The van der Waals surface area contributed by atoms with Crippen molar-refractivity contribution in [2.24, 2.45) is 0 Å². The first kappa shape index (κ1) is 40.6. The van der Waals surface area contributed by atoms with E-state index in [9.17, 15) is 0 Å². The summed E-state index contributed by atoms with van der Waals surface area (Å²) in [5.74, 6) is 0. The molecule has 76 heavy (non-hydrogen) atoms. The summed E-state index contributed by atoms with van der Waals surface area (Å²) in [5, 5.41) is 31.6. The predicted molar refractivity (Wildman–Crippen MR) is 328 cm³/mol. The van der Waals surface area contributed by atoms with Crippen molar-refractivity contribution in [2.75, 3.05) is 0 Å². The SMILES string of the molecule is c1ccc(-c2c3c4cccc5cccc(c3c(-c3ccccc3)c3c6ccc(-c7ccc8c9c(-c%10ccccc%10)c%10c%11cccc%12cccc(c%10c(-c%10ccccc%10)c9c9cccc7c98)c%12%11)c7cccc(c23)c76)c54)cc1. The third-order valence-corrected chi connectivity index (χ3v) is 17.6. The number of benzene rings is 14. The van der Waals surface area contributed by atoms with E-state index in [2.05, 4.69) is 255 Å². The summed E-state index contributed by atoms with van der Waals surface area (Å²) >= 11 is 0. The highest BCUT2D eigenvalue weighted by Gasteiger charge is 2.30. The largest absolute Gasteiger partial charge is 0.0622 e. The predicted octanol–water partition coefficient (Wildman–Crippen LogP) is 21.6. The van der Waals surface area contributed by atoms with Gasteiger partial charge >= 0.3 is 0 Å². The zero-order chi connectivity index (χ0) is 49.3. The fraction of sp³-hybridized carbons (Fsp3) is 0. The van der Waals surface area contributed by atoms with Crippen LogP contribution < -0.4 is 0 Å². The molecule has 0 heterocycles. The molecule has 0 radical (unpaired) electrons. The molecule has 0 amide bonds. The van der Waals surface area contributed by atoms with Crippen molar-refractivity contribution < 1.29 is 0 Å². The van der Waals surface area contributed by atoms with Crippen LogP contribution in [0.4, 0.5) is 0 Å². The molecule has 0 heteroatoms. The van der Waals surface area contributed by atoms with Gasteiger partial charge in [0.1, 0.15) is 0 Å². The summed E-state index contributed by atoms with van der Waals surface area (Å²) in [6.45, 7) is 0. The van der Waals surface area contributed by atoms with Crippen molar-refractivity contribution in [1.82, 2.24) is 0 Å². The number of hydrogen-bond donors (Lipinski definition) is 0. The van der Waals surface area contributed by atoms with Crippen LogP contribution in [0, 0.1) is 0 Å². The van der Waals surface area contributed by atoms with Crippen LogP contribution in [0.2, 0.25) is 0 Å². The third kappa shape index (κ3) is 5.09. The second kappa shape index (κ2) is 14.9. The molecule has 0 aromatic heterocycles. The van der Waals surface area contributed by atoms with E-state index in [-0.39, 0.29) is 0 Å². The Morgan fingerprint density at radius 3 is 0.632 bits per heavy atom. The fourth-order valence-electron chi connectivity index (χ4n) is 14.9. The Morgan fingerprint density at radius 2 is 0.355 bits per heavy atom. The van der Waals surface area contributed by atoms with Crippen LogP contribution in [0.1, 0.15) is 0 Å². The summed E-state index contributed by atoms with van der Waals surface area (Å²) in [6.07, 6.45) is 0. The minimum Gasteiger partial charge on any atom is -0.0622 e. The van der Waals surface area contributed by atoms with Crippen LogP contribution >= 0.6 is 0 Å². The number of fused-ring (bicyclic) bond motifs is 12. The van der Waals surface area contributed by atoms with E-state index in [1.54, 1.807) is 0 Å². The molecule has 18 rings (SSSR count). The molecule has 18 aromatic rings. The van der Waals surface area contributed by atoms with Crippen molar-refractivity contribution in [3.8, 4) is 55.6 Å². The average Bonchev–Trinajstić information content (AvgIpc) is 4.22. The Labute approximate surface area is 437 Å². The van der Waals surface area contributed by atoms with Crippen LogP contribution in [0.25, 0.3) is 185 Å². The molecule has 0 aliphatic heterocycles. The first-order chi connectivity index (χ1) is 37.8. The molecule has 0 N–H and O–H groups in total. The zero-order valence-corrected chi connectivity index (χ0v) is 41.2. The molecule has 0 nitrogen and oxygen atoms in total. The molecular weight excluding hydrogens is 913 g/mol. The minimum absolute atomic E-state index is 1.24. The molecule has 18 aromatic carbocycles. The van der Waals surface area contributed by atoms with E-state index >= 15 is 0 Å². The highest BCUT2D eigenvalue weighted by molar-refractivity contribution is 6.49. The molecule has 0 saturated heterocycles. The van der Waals surface area contributed by atoms with Crippen molar-refractivity contribution in [1.29, 1.82) is 0 Å². The second-order valence-electron chi connectivity index (χ2n) is 21.2. The summed E-state index contributed by atoms with van der Waals surface area (Å²) in [6, 6.07) is 96.3. The van der Waals surface area contributed by atoms with Gasteiger partial charge < -0.3 is 0 Å². The summed E-state index contributed by atoms with van der Waals surface area (Å²) in [7, 11) is 0. The molecule has 0 aliphatic rings. The van der Waals surface area contributed by atoms with Crippen molar-refractivity contribution in [3.63, 3.8) is 0 Å². The van der Waals surface area contributed by atoms with Crippen LogP contribution in [0.5, 0.6) is 0 Å². The van der Waals surface area contributed by atoms with Gasteiger partial charge in [-0.2, -0.15) is 0 Å². The van der Waals surface area contributed by atoms with Gasteiger partial charge in [-0.05, 0) is 185 Å². The number of rotatable bonds is 5. The minimum atomic E-state index is 1.24. The van der Waals surface area contributed by atoms with E-state index in [1.165, 1.54) is 185 Å². The number of hydrogen-bond acceptors (Lipinski definition) is 0. The molecule has 0 aliphatic carbocycles. The molecule has 0 fully saturated rings. The highest BCUT2D eigenvalue weighted by Crippen LogP contribution is 2.59. The Morgan fingerprint density at radius 1 is 0.132 bits per heavy atom. The van der Waals surface area contributed by atoms with Gasteiger partial charge in [-0.25, -0.2) is 0 Å². The Hall–Kier alpha value is -9.88. The van der Waals surface area contributed by atoms with Crippen molar-refractivity contribution in [2.45, 2.75) is 0 Å². The maximum absolute atomic E-state index is 2.46. The van der Waals surface area contributed by atoms with E-state index < -0.39 is 0 Å². The molecule has 0 spiro atoms. The van der Waals surface area contributed by atoms with Gasteiger partial charge in [0.25, 0.3) is 0 Å². The lowest BCUT2D eigenvalue weighted by Crippen LogP contribution is -1.87. The lowest BCUT2D eigenvalue weighted by molar-refractivity contribution is 1.68. The van der Waals surface area contributed by atoms with Gasteiger partial charge in [0.2, 0.25) is 0 Å². The summed E-state index contributed by atoms with van der Waals surface area (Å²) < 4.78 is 0. The highest BCUT2D eigenvalue weighted by atomic mass is 14.3. The fourth-order valence-corrected chi connectivity index (χ4v) is 14.9. The molecule has 0 saturated carbocycles. The molecule has 346 valence electrons. The maximum Gasteiger partial charge on any atom is -0.000718 e. The molecule has 0 atom stereocenters. The standard InChI is InChI=1S/C76H42/c1-5-19-45(20-6-1)63-69-53-33-13-27-43-29-15-35-55(61(43)53)71(69)65(47-23-9-3-10-24-47)75-59-41-39-49(51-31-17-37-57(67(51)59)73(63)75)50-40-42-60-68-52(50)32-18-38-58(68)74-64(46-21-7-2-8-22-46)70-54-34-14-28-44-30-16-36-56(62(44)54)72(70)66(76(60)74)48-25-11-4-12-26-48/h1-42H. The van der Waals surface area contributed by atoms with Crippen molar-refractivity contribution in [3.05, 3.63) is 255 Å². The van der Waals surface area contributed by atoms with E-state index in [4.69, 9.17) is 0 Å². The average molecular weight is 955 g/mol.